The first-order valence-electron chi connectivity index (χ1n) is 6.70. The normalized spacial score (nSPS) is 34.0. The average molecular weight is 241 g/mol. The molecule has 0 spiro atoms. The van der Waals surface area contributed by atoms with Gasteiger partial charge in [-0.1, -0.05) is 12.1 Å². The molecule has 2 aliphatic rings. The van der Waals surface area contributed by atoms with E-state index >= 15 is 0 Å². The van der Waals surface area contributed by atoms with Crippen molar-refractivity contribution >= 4 is 5.69 Å². The van der Waals surface area contributed by atoms with Gasteiger partial charge in [-0.25, -0.2) is 0 Å². The van der Waals surface area contributed by atoms with Gasteiger partial charge in [0.1, 0.15) is 5.54 Å². The van der Waals surface area contributed by atoms with Crippen molar-refractivity contribution in [1.29, 1.82) is 5.26 Å². The number of hydrogen-bond acceptors (Lipinski definition) is 3. The molecule has 2 bridgehead atoms. The molecule has 0 radical (unpaired) electrons. The summed E-state index contributed by atoms with van der Waals surface area (Å²) in [5.74, 6) is 0.469. The predicted octanol–water partition coefficient (Wildman–Crippen LogP) is 2.39. The van der Waals surface area contributed by atoms with Gasteiger partial charge in [-0.05, 0) is 44.0 Å². The smallest absolute Gasteiger partial charge is 0.130 e. The molecule has 0 amide bonds. The Labute approximate surface area is 108 Å². The predicted molar refractivity (Wildman–Crippen MR) is 72.3 cm³/mol. The van der Waals surface area contributed by atoms with Crippen LogP contribution in [0.2, 0.25) is 0 Å². The topological polar surface area (TPSA) is 39.1 Å². The highest BCUT2D eigenvalue weighted by Crippen LogP contribution is 2.37. The van der Waals surface area contributed by atoms with Gasteiger partial charge in [0, 0.05) is 24.7 Å². The van der Waals surface area contributed by atoms with Crippen LogP contribution in [0.4, 0.5) is 5.69 Å². The van der Waals surface area contributed by atoms with E-state index in [4.69, 9.17) is 0 Å². The number of anilines is 1. The Bertz CT molecular complexity index is 491. The molecule has 0 saturated carbocycles. The fourth-order valence-electron chi connectivity index (χ4n) is 3.30. The van der Waals surface area contributed by atoms with E-state index < -0.39 is 0 Å². The lowest BCUT2D eigenvalue weighted by Crippen LogP contribution is -2.50. The quantitative estimate of drug-likeness (QED) is 0.864. The number of benzene rings is 1. The van der Waals surface area contributed by atoms with Crippen molar-refractivity contribution in [2.75, 3.05) is 25.0 Å². The van der Waals surface area contributed by atoms with Crippen molar-refractivity contribution in [2.24, 2.45) is 5.92 Å². The van der Waals surface area contributed by atoms with Gasteiger partial charge in [-0.2, -0.15) is 5.26 Å². The van der Waals surface area contributed by atoms with Gasteiger partial charge in [-0.15, -0.1) is 0 Å². The Balaban J connectivity index is 1.86. The number of nitriles is 1. The van der Waals surface area contributed by atoms with Crippen LogP contribution < -0.4 is 5.32 Å². The molecule has 2 heterocycles. The van der Waals surface area contributed by atoms with Gasteiger partial charge in [-0.3, -0.25) is 0 Å². The molecule has 2 aliphatic heterocycles. The standard InChI is InChI=1S/C15H19N3/c1-12-3-2-4-14(9-12)17-15(11-16)6-8-18-7-5-13(15)10-18/h2-4,9,13,17H,5-8,10H2,1H3. The lowest BCUT2D eigenvalue weighted by Gasteiger charge is -2.39. The van der Waals surface area contributed by atoms with Crippen LogP contribution in [-0.2, 0) is 0 Å². The van der Waals surface area contributed by atoms with Crippen LogP contribution in [0.3, 0.4) is 0 Å². The third kappa shape index (κ3) is 1.87. The first kappa shape index (κ1) is 11.6. The molecule has 3 atom stereocenters. The first-order valence-corrected chi connectivity index (χ1v) is 6.70. The second-order valence-corrected chi connectivity index (χ2v) is 5.61. The number of rotatable bonds is 2. The molecule has 1 N–H and O–H groups in total. The Morgan fingerprint density at radius 3 is 3.11 bits per heavy atom. The third-order valence-electron chi connectivity index (χ3n) is 4.38. The molecule has 2 fully saturated rings. The summed E-state index contributed by atoms with van der Waals surface area (Å²) in [5, 5.41) is 13.2. The molecule has 0 aromatic heterocycles. The number of nitrogens with one attached hydrogen (secondary N) is 1. The number of hydrogen-bond donors (Lipinski definition) is 1. The van der Waals surface area contributed by atoms with Crippen LogP contribution >= 0.6 is 0 Å². The molecular formula is C15H19N3. The van der Waals surface area contributed by atoms with E-state index in [-0.39, 0.29) is 5.54 Å². The van der Waals surface area contributed by atoms with E-state index in [2.05, 4.69) is 41.4 Å². The van der Waals surface area contributed by atoms with E-state index in [0.29, 0.717) is 5.92 Å². The maximum Gasteiger partial charge on any atom is 0.130 e. The van der Waals surface area contributed by atoms with Crippen LogP contribution in [0.25, 0.3) is 0 Å². The molecule has 1 aromatic rings. The van der Waals surface area contributed by atoms with Crippen LogP contribution in [0.1, 0.15) is 18.4 Å². The third-order valence-corrected chi connectivity index (χ3v) is 4.38. The maximum absolute atomic E-state index is 9.66. The van der Waals surface area contributed by atoms with Crippen LogP contribution in [0.15, 0.2) is 24.3 Å². The molecule has 3 nitrogen and oxygen atoms in total. The summed E-state index contributed by atoms with van der Waals surface area (Å²) in [6, 6.07) is 10.9. The minimum Gasteiger partial charge on any atom is -0.367 e. The van der Waals surface area contributed by atoms with Crippen molar-refractivity contribution < 1.29 is 0 Å². The van der Waals surface area contributed by atoms with Crippen molar-refractivity contribution in [3.05, 3.63) is 29.8 Å². The summed E-state index contributed by atoms with van der Waals surface area (Å²) >= 11 is 0. The minimum absolute atomic E-state index is 0.360. The van der Waals surface area contributed by atoms with Gasteiger partial charge in [0.2, 0.25) is 0 Å². The van der Waals surface area contributed by atoms with Crippen LogP contribution in [0.5, 0.6) is 0 Å². The molecular weight excluding hydrogens is 222 g/mol. The van der Waals surface area contributed by atoms with Crippen LogP contribution in [0, 0.1) is 24.2 Å². The van der Waals surface area contributed by atoms with Gasteiger partial charge >= 0.3 is 0 Å². The van der Waals surface area contributed by atoms with E-state index in [1.54, 1.807) is 0 Å². The zero-order chi connectivity index (χ0) is 12.6. The first-order chi connectivity index (χ1) is 8.72. The second-order valence-electron chi connectivity index (χ2n) is 5.61. The monoisotopic (exact) mass is 241 g/mol. The van der Waals surface area contributed by atoms with Gasteiger partial charge < -0.3 is 10.2 Å². The lowest BCUT2D eigenvalue weighted by molar-refractivity contribution is 0.221. The molecule has 94 valence electrons. The molecule has 3 heteroatoms. The van der Waals surface area contributed by atoms with Gasteiger partial charge in [0.25, 0.3) is 0 Å². The molecule has 0 aliphatic carbocycles. The fraction of sp³-hybridized carbons (Fsp3) is 0.533. The molecule has 1 aromatic carbocycles. The highest BCUT2D eigenvalue weighted by molar-refractivity contribution is 5.50. The SMILES string of the molecule is Cc1cccc(NC2(C#N)CCN3CCC2C3)c1. The second kappa shape index (κ2) is 4.29. The summed E-state index contributed by atoms with van der Waals surface area (Å²) in [7, 11) is 0. The number of piperidine rings is 1. The van der Waals surface area contributed by atoms with E-state index in [1.165, 1.54) is 5.56 Å². The summed E-state index contributed by atoms with van der Waals surface area (Å²) in [6.45, 7) is 5.36. The summed E-state index contributed by atoms with van der Waals surface area (Å²) in [5.41, 5.74) is 1.95. The Morgan fingerprint density at radius 2 is 2.33 bits per heavy atom. The van der Waals surface area contributed by atoms with E-state index in [9.17, 15) is 5.26 Å². The maximum atomic E-state index is 9.66. The van der Waals surface area contributed by atoms with Gasteiger partial charge in [0.15, 0.2) is 0 Å². The van der Waals surface area contributed by atoms with E-state index in [0.717, 1.165) is 38.2 Å². The fourth-order valence-corrected chi connectivity index (χ4v) is 3.30. The average Bonchev–Trinajstić information content (AvgIpc) is 2.78. The highest BCUT2D eigenvalue weighted by atomic mass is 15.2. The lowest BCUT2D eigenvalue weighted by atomic mass is 9.79. The minimum atomic E-state index is -0.360. The van der Waals surface area contributed by atoms with Gasteiger partial charge in [0.05, 0.1) is 6.07 Å². The van der Waals surface area contributed by atoms with Crippen molar-refractivity contribution in [3.63, 3.8) is 0 Å². The largest absolute Gasteiger partial charge is 0.367 e. The zero-order valence-electron chi connectivity index (χ0n) is 10.8. The van der Waals surface area contributed by atoms with Crippen molar-refractivity contribution in [1.82, 2.24) is 4.90 Å². The number of aryl methyl sites for hydroxylation is 1. The highest BCUT2D eigenvalue weighted by Gasteiger charge is 2.46. The Hall–Kier alpha value is -1.53. The molecule has 2 saturated heterocycles. The number of fused-ring (bicyclic) bond motifs is 2. The van der Waals surface area contributed by atoms with Crippen LogP contribution in [-0.4, -0.2) is 30.1 Å². The summed E-state index contributed by atoms with van der Waals surface area (Å²) < 4.78 is 0. The molecule has 3 rings (SSSR count). The molecule has 3 unspecified atom stereocenters. The van der Waals surface area contributed by atoms with Crippen molar-refractivity contribution in [2.45, 2.75) is 25.3 Å². The number of nitrogens with zero attached hydrogens (tertiary/aromatic N) is 2. The molecule has 18 heavy (non-hydrogen) atoms. The summed E-state index contributed by atoms with van der Waals surface area (Å²) in [6.07, 6.45) is 2.08. The summed E-state index contributed by atoms with van der Waals surface area (Å²) in [4.78, 5) is 2.47. The Morgan fingerprint density at radius 1 is 1.44 bits per heavy atom. The Kier molecular flexibility index (Phi) is 2.76. The van der Waals surface area contributed by atoms with Crippen molar-refractivity contribution in [3.8, 4) is 6.07 Å². The zero-order valence-corrected chi connectivity index (χ0v) is 10.8. The van der Waals surface area contributed by atoms with E-state index in [1.807, 2.05) is 6.07 Å².